The summed E-state index contributed by atoms with van der Waals surface area (Å²) in [7, 11) is 3.05. The second-order valence-corrected chi connectivity index (χ2v) is 5.28. The number of aromatic nitrogens is 1. The average Bonchev–Trinajstić information content (AvgIpc) is 2.60. The summed E-state index contributed by atoms with van der Waals surface area (Å²) in [4.78, 5) is 3.91. The molecule has 7 heteroatoms. The number of hydrogen-bond donors (Lipinski definition) is 1. The maximum absolute atomic E-state index is 13.2. The molecule has 0 fully saturated rings. The molecule has 1 N–H and O–H groups in total. The number of hydrogen-bond acceptors (Lipinski definition) is 4. The third-order valence-corrected chi connectivity index (χ3v) is 3.71. The molecule has 0 radical (unpaired) electrons. The number of para-hydroxylation sites is 1. The zero-order valence-corrected chi connectivity index (χ0v) is 13.5. The van der Waals surface area contributed by atoms with Gasteiger partial charge < -0.3 is 14.8 Å². The fourth-order valence-electron chi connectivity index (χ4n) is 2.55. The molecule has 1 aromatic heterocycles. The van der Waals surface area contributed by atoms with Crippen molar-refractivity contribution in [2.24, 2.45) is 0 Å². The van der Waals surface area contributed by atoms with E-state index in [0.29, 0.717) is 28.3 Å². The lowest BCUT2D eigenvalue weighted by Gasteiger charge is -2.14. The van der Waals surface area contributed by atoms with E-state index in [1.54, 1.807) is 30.3 Å². The van der Waals surface area contributed by atoms with Gasteiger partial charge in [-0.1, -0.05) is 12.1 Å². The second-order valence-electron chi connectivity index (χ2n) is 5.28. The molecule has 0 unspecified atom stereocenters. The highest BCUT2D eigenvalue weighted by molar-refractivity contribution is 5.95. The van der Waals surface area contributed by atoms with Crippen LogP contribution in [0.25, 0.3) is 10.9 Å². The molecule has 3 rings (SSSR count). The van der Waals surface area contributed by atoms with Crippen LogP contribution >= 0.6 is 0 Å². The van der Waals surface area contributed by atoms with Gasteiger partial charge in [-0.3, -0.25) is 4.98 Å². The van der Waals surface area contributed by atoms with Gasteiger partial charge in [0.05, 0.1) is 25.3 Å². The molecule has 2 aromatic carbocycles. The SMILES string of the molecule is COc1cc(Nc2ccnc3c(C(F)(F)F)cccc23)cc(OC)c1. The fourth-order valence-corrected chi connectivity index (χ4v) is 2.55. The third kappa shape index (κ3) is 3.45. The first-order valence-electron chi connectivity index (χ1n) is 7.37. The molecular weight excluding hydrogens is 333 g/mol. The van der Waals surface area contributed by atoms with Crippen molar-refractivity contribution >= 4 is 22.3 Å². The third-order valence-electron chi connectivity index (χ3n) is 3.71. The van der Waals surface area contributed by atoms with E-state index in [0.717, 1.165) is 6.07 Å². The van der Waals surface area contributed by atoms with Crippen LogP contribution in [0.1, 0.15) is 5.56 Å². The van der Waals surface area contributed by atoms with Crippen LogP contribution in [-0.4, -0.2) is 19.2 Å². The van der Waals surface area contributed by atoms with Crippen LogP contribution in [0.15, 0.2) is 48.7 Å². The van der Waals surface area contributed by atoms with Gasteiger partial charge in [-0.05, 0) is 12.1 Å². The average molecular weight is 348 g/mol. The van der Waals surface area contributed by atoms with Crippen molar-refractivity contribution in [1.29, 1.82) is 0 Å². The van der Waals surface area contributed by atoms with Gasteiger partial charge in [0, 0.05) is 41.2 Å². The van der Waals surface area contributed by atoms with E-state index in [1.165, 1.54) is 26.5 Å². The van der Waals surface area contributed by atoms with Gasteiger partial charge in [0.15, 0.2) is 0 Å². The lowest BCUT2D eigenvalue weighted by atomic mass is 10.1. The highest BCUT2D eigenvalue weighted by atomic mass is 19.4. The van der Waals surface area contributed by atoms with Gasteiger partial charge in [0.2, 0.25) is 0 Å². The molecule has 0 aliphatic carbocycles. The summed E-state index contributed by atoms with van der Waals surface area (Å²) in [6.45, 7) is 0. The largest absolute Gasteiger partial charge is 0.497 e. The number of halogens is 3. The molecule has 25 heavy (non-hydrogen) atoms. The number of alkyl halides is 3. The molecule has 0 bridgehead atoms. The Bertz CT molecular complexity index is 888. The van der Waals surface area contributed by atoms with E-state index in [-0.39, 0.29) is 5.52 Å². The Kier molecular flexibility index (Phi) is 4.39. The minimum absolute atomic E-state index is 0.102. The quantitative estimate of drug-likeness (QED) is 0.719. The predicted molar refractivity (Wildman–Crippen MR) is 89.6 cm³/mol. The van der Waals surface area contributed by atoms with Crippen molar-refractivity contribution in [3.63, 3.8) is 0 Å². The van der Waals surface area contributed by atoms with Crippen LogP contribution in [0, 0.1) is 0 Å². The molecule has 0 amide bonds. The normalized spacial score (nSPS) is 11.4. The molecule has 0 aliphatic heterocycles. The molecule has 0 saturated heterocycles. The van der Waals surface area contributed by atoms with Crippen molar-refractivity contribution < 1.29 is 22.6 Å². The van der Waals surface area contributed by atoms with Crippen LogP contribution in [0.5, 0.6) is 11.5 Å². The molecule has 0 aliphatic rings. The molecular formula is C18H15F3N2O2. The van der Waals surface area contributed by atoms with E-state index >= 15 is 0 Å². The van der Waals surface area contributed by atoms with E-state index in [2.05, 4.69) is 10.3 Å². The topological polar surface area (TPSA) is 43.4 Å². The van der Waals surface area contributed by atoms with Gasteiger partial charge in [0.1, 0.15) is 11.5 Å². The first kappa shape index (κ1) is 16.9. The van der Waals surface area contributed by atoms with Crippen molar-refractivity contribution in [1.82, 2.24) is 4.98 Å². The van der Waals surface area contributed by atoms with Gasteiger partial charge in [-0.2, -0.15) is 13.2 Å². The summed E-state index contributed by atoms with van der Waals surface area (Å²) >= 11 is 0. The minimum atomic E-state index is -4.47. The first-order valence-corrected chi connectivity index (χ1v) is 7.37. The van der Waals surface area contributed by atoms with Gasteiger partial charge in [-0.25, -0.2) is 0 Å². The number of benzene rings is 2. The molecule has 1 heterocycles. The van der Waals surface area contributed by atoms with Crippen LogP contribution in [0.2, 0.25) is 0 Å². The van der Waals surface area contributed by atoms with Gasteiger partial charge in [-0.15, -0.1) is 0 Å². The Hall–Kier alpha value is -2.96. The Balaban J connectivity index is 2.09. The van der Waals surface area contributed by atoms with E-state index < -0.39 is 11.7 Å². The second kappa shape index (κ2) is 6.51. The Labute approximate surface area is 142 Å². The first-order chi connectivity index (χ1) is 11.9. The zero-order valence-electron chi connectivity index (χ0n) is 13.5. The van der Waals surface area contributed by atoms with E-state index in [4.69, 9.17) is 9.47 Å². The lowest BCUT2D eigenvalue weighted by Crippen LogP contribution is -2.07. The number of nitrogens with zero attached hydrogens (tertiary/aromatic N) is 1. The van der Waals surface area contributed by atoms with Crippen molar-refractivity contribution in [2.45, 2.75) is 6.18 Å². The Morgan fingerprint density at radius 2 is 1.64 bits per heavy atom. The summed E-state index contributed by atoms with van der Waals surface area (Å²) in [6.07, 6.45) is -3.12. The summed E-state index contributed by atoms with van der Waals surface area (Å²) in [5, 5.41) is 3.48. The molecule has 4 nitrogen and oxygen atoms in total. The summed E-state index contributed by atoms with van der Waals surface area (Å²) in [6, 6.07) is 10.8. The number of pyridine rings is 1. The van der Waals surface area contributed by atoms with Crippen molar-refractivity contribution in [3.8, 4) is 11.5 Å². The summed E-state index contributed by atoms with van der Waals surface area (Å²) in [5.41, 5.74) is 0.263. The number of anilines is 2. The minimum Gasteiger partial charge on any atom is -0.497 e. The fraction of sp³-hybridized carbons (Fsp3) is 0.167. The predicted octanol–water partition coefficient (Wildman–Crippen LogP) is 5.01. The smallest absolute Gasteiger partial charge is 0.418 e. The molecule has 0 atom stereocenters. The number of fused-ring (bicyclic) bond motifs is 1. The van der Waals surface area contributed by atoms with E-state index in [9.17, 15) is 13.2 Å². The number of rotatable bonds is 4. The number of ether oxygens (including phenoxy) is 2. The highest BCUT2D eigenvalue weighted by Crippen LogP contribution is 2.37. The molecule has 0 spiro atoms. The summed E-state index contributed by atoms with van der Waals surface area (Å²) in [5.74, 6) is 1.13. The maximum Gasteiger partial charge on any atom is 0.418 e. The van der Waals surface area contributed by atoms with Crippen molar-refractivity contribution in [3.05, 3.63) is 54.2 Å². The molecule has 130 valence electrons. The monoisotopic (exact) mass is 348 g/mol. The maximum atomic E-state index is 13.2. The number of nitrogens with one attached hydrogen (secondary N) is 1. The zero-order chi connectivity index (χ0) is 18.0. The Morgan fingerprint density at radius 3 is 2.24 bits per heavy atom. The van der Waals surface area contributed by atoms with Crippen LogP contribution in [-0.2, 0) is 6.18 Å². The van der Waals surface area contributed by atoms with Crippen LogP contribution in [0.4, 0.5) is 24.5 Å². The van der Waals surface area contributed by atoms with Gasteiger partial charge in [0.25, 0.3) is 0 Å². The van der Waals surface area contributed by atoms with Gasteiger partial charge >= 0.3 is 6.18 Å². The summed E-state index contributed by atoms with van der Waals surface area (Å²) < 4.78 is 50.0. The molecule has 3 aromatic rings. The highest BCUT2D eigenvalue weighted by Gasteiger charge is 2.33. The molecule has 0 saturated carbocycles. The van der Waals surface area contributed by atoms with Crippen LogP contribution < -0.4 is 14.8 Å². The van der Waals surface area contributed by atoms with E-state index in [1.807, 2.05) is 0 Å². The standard InChI is InChI=1S/C18H15F3N2O2/c1-24-12-8-11(9-13(10-12)25-2)23-16-6-7-22-17-14(16)4-3-5-15(17)18(19,20)21/h3-10H,1-2H3,(H,22,23). The number of methoxy groups -OCH3 is 2. The van der Waals surface area contributed by atoms with Crippen LogP contribution in [0.3, 0.4) is 0 Å². The Morgan fingerprint density at radius 1 is 0.960 bits per heavy atom. The van der Waals surface area contributed by atoms with Crippen molar-refractivity contribution in [2.75, 3.05) is 19.5 Å². The lowest BCUT2D eigenvalue weighted by molar-refractivity contribution is -0.136.